The van der Waals surface area contributed by atoms with Crippen LogP contribution in [0.1, 0.15) is 6.92 Å². The van der Waals surface area contributed by atoms with Crippen LogP contribution < -0.4 is 15.4 Å². The third-order valence-electron chi connectivity index (χ3n) is 5.33. The minimum Gasteiger partial charge on any atom is -0.495 e. The first-order valence-electron chi connectivity index (χ1n) is 9.53. The molecule has 0 bridgehead atoms. The average Bonchev–Trinajstić information content (AvgIpc) is 3.03. The van der Waals surface area contributed by atoms with Crippen LogP contribution in [0.2, 0.25) is 5.02 Å². The molecular formula is C20H22ClFN6O2. The number of fused-ring (bicyclic) bond motifs is 1. The van der Waals surface area contributed by atoms with E-state index in [0.717, 1.165) is 5.39 Å². The van der Waals surface area contributed by atoms with Crippen molar-refractivity contribution in [2.24, 2.45) is 0 Å². The molecule has 4 rings (SSSR count). The fraction of sp³-hybridized carbons (Fsp3) is 0.350. The second-order valence-corrected chi connectivity index (χ2v) is 7.64. The molecule has 1 aromatic carbocycles. The lowest BCUT2D eigenvalue weighted by atomic mass is 10.1. The molecule has 1 fully saturated rings. The molecule has 0 saturated carbocycles. The van der Waals surface area contributed by atoms with Crippen molar-refractivity contribution in [1.82, 2.24) is 19.7 Å². The second kappa shape index (κ2) is 7.98. The van der Waals surface area contributed by atoms with Crippen LogP contribution in [0.15, 0.2) is 30.5 Å². The zero-order valence-corrected chi connectivity index (χ0v) is 17.4. The summed E-state index contributed by atoms with van der Waals surface area (Å²) in [5, 5.41) is 5.19. The summed E-state index contributed by atoms with van der Waals surface area (Å²) in [7, 11) is 1.49. The highest BCUT2D eigenvalue weighted by Gasteiger charge is 2.29. The molecule has 158 valence electrons. The standard InChI is InChI=1S/C20H22ClFN6O2/c1-12-10-26(16-9-17(30-2)14(21)8-15(16)22)6-7-27(12)18(29)11-28-20-13(19(23)25-28)4-3-5-24-20/h3-5,8-9,12H,6-7,10-11H2,1-2H3,(H2,23,25)/t12-/m0/s1. The number of hydrogen-bond acceptors (Lipinski definition) is 6. The van der Waals surface area contributed by atoms with Gasteiger partial charge in [0, 0.05) is 37.9 Å². The van der Waals surface area contributed by atoms with Gasteiger partial charge in [-0.05, 0) is 25.1 Å². The molecule has 8 nitrogen and oxygen atoms in total. The number of anilines is 2. The van der Waals surface area contributed by atoms with E-state index in [0.29, 0.717) is 42.5 Å². The van der Waals surface area contributed by atoms with Gasteiger partial charge in [-0.3, -0.25) is 4.79 Å². The number of halogens is 2. The Balaban J connectivity index is 1.49. The van der Waals surface area contributed by atoms with Gasteiger partial charge in [-0.2, -0.15) is 5.10 Å². The van der Waals surface area contributed by atoms with E-state index in [1.54, 1.807) is 23.2 Å². The lowest BCUT2D eigenvalue weighted by Gasteiger charge is -2.41. The maximum atomic E-state index is 14.5. The van der Waals surface area contributed by atoms with E-state index in [4.69, 9.17) is 22.1 Å². The molecule has 0 spiro atoms. The number of methoxy groups -OCH3 is 1. The van der Waals surface area contributed by atoms with Crippen LogP contribution in [0.5, 0.6) is 5.75 Å². The average molecular weight is 433 g/mol. The van der Waals surface area contributed by atoms with Crippen molar-refractivity contribution in [3.05, 3.63) is 41.3 Å². The molecule has 2 aromatic heterocycles. The van der Waals surface area contributed by atoms with E-state index in [9.17, 15) is 9.18 Å². The first kappa shape index (κ1) is 20.2. The van der Waals surface area contributed by atoms with Crippen molar-refractivity contribution >= 4 is 40.0 Å². The summed E-state index contributed by atoms with van der Waals surface area (Å²) in [5.74, 6) is 0.245. The molecule has 0 aliphatic carbocycles. The van der Waals surface area contributed by atoms with Crippen molar-refractivity contribution in [2.75, 3.05) is 37.4 Å². The Hall–Kier alpha value is -3.07. The summed E-state index contributed by atoms with van der Waals surface area (Å²) in [4.78, 5) is 20.9. The highest BCUT2D eigenvalue weighted by atomic mass is 35.5. The van der Waals surface area contributed by atoms with Gasteiger partial charge in [-0.15, -0.1) is 0 Å². The number of piperazine rings is 1. The molecule has 3 aromatic rings. The maximum Gasteiger partial charge on any atom is 0.244 e. The van der Waals surface area contributed by atoms with Gasteiger partial charge in [0.15, 0.2) is 11.5 Å². The summed E-state index contributed by atoms with van der Waals surface area (Å²) in [6.07, 6.45) is 1.64. The SMILES string of the molecule is COc1cc(N2CCN(C(=O)Cn3nc(N)c4cccnc43)[C@@H](C)C2)c(F)cc1Cl. The minimum absolute atomic E-state index is 0.0399. The van der Waals surface area contributed by atoms with Crippen molar-refractivity contribution in [3.8, 4) is 5.75 Å². The molecule has 1 aliphatic heterocycles. The minimum atomic E-state index is -0.419. The number of ether oxygens (including phenoxy) is 1. The van der Waals surface area contributed by atoms with Crippen LogP contribution in [-0.4, -0.2) is 58.4 Å². The van der Waals surface area contributed by atoms with E-state index in [2.05, 4.69) is 10.1 Å². The Kier molecular flexibility index (Phi) is 5.38. The Labute approximate surface area is 178 Å². The number of amides is 1. The van der Waals surface area contributed by atoms with Gasteiger partial charge < -0.3 is 20.3 Å². The number of nitrogens with two attached hydrogens (primary N) is 1. The van der Waals surface area contributed by atoms with Crippen LogP contribution in [0, 0.1) is 5.82 Å². The molecule has 3 heterocycles. The monoisotopic (exact) mass is 432 g/mol. The number of carbonyl (C=O) groups is 1. The van der Waals surface area contributed by atoms with E-state index in [-0.39, 0.29) is 23.5 Å². The number of pyridine rings is 1. The lowest BCUT2D eigenvalue weighted by Crippen LogP contribution is -2.55. The Morgan fingerprint density at radius 2 is 2.20 bits per heavy atom. The molecule has 2 N–H and O–H groups in total. The van der Waals surface area contributed by atoms with E-state index < -0.39 is 5.82 Å². The predicted molar refractivity (Wildman–Crippen MR) is 113 cm³/mol. The van der Waals surface area contributed by atoms with Gasteiger partial charge in [0.1, 0.15) is 18.1 Å². The highest BCUT2D eigenvalue weighted by Crippen LogP contribution is 2.33. The van der Waals surface area contributed by atoms with Crippen molar-refractivity contribution in [2.45, 2.75) is 19.5 Å². The highest BCUT2D eigenvalue weighted by molar-refractivity contribution is 6.32. The van der Waals surface area contributed by atoms with E-state index in [1.165, 1.54) is 17.9 Å². The van der Waals surface area contributed by atoms with Crippen LogP contribution in [0.3, 0.4) is 0 Å². The topological polar surface area (TPSA) is 89.5 Å². The fourth-order valence-corrected chi connectivity index (χ4v) is 4.05. The summed E-state index contributed by atoms with van der Waals surface area (Å²) < 4.78 is 21.2. The molecule has 0 unspecified atom stereocenters. The van der Waals surface area contributed by atoms with Gasteiger partial charge in [-0.1, -0.05) is 11.6 Å². The van der Waals surface area contributed by atoms with Gasteiger partial charge >= 0.3 is 0 Å². The van der Waals surface area contributed by atoms with E-state index >= 15 is 0 Å². The number of nitrogens with zero attached hydrogens (tertiary/aromatic N) is 5. The zero-order valence-electron chi connectivity index (χ0n) is 16.7. The quantitative estimate of drug-likeness (QED) is 0.681. The van der Waals surface area contributed by atoms with Crippen LogP contribution in [-0.2, 0) is 11.3 Å². The van der Waals surface area contributed by atoms with Crippen LogP contribution in [0.25, 0.3) is 11.0 Å². The summed E-state index contributed by atoms with van der Waals surface area (Å²) in [6.45, 7) is 3.39. The summed E-state index contributed by atoms with van der Waals surface area (Å²) in [5.41, 5.74) is 6.91. The van der Waals surface area contributed by atoms with Gasteiger partial charge in [0.25, 0.3) is 0 Å². The lowest BCUT2D eigenvalue weighted by molar-refractivity contribution is -0.134. The van der Waals surface area contributed by atoms with Crippen molar-refractivity contribution < 1.29 is 13.9 Å². The van der Waals surface area contributed by atoms with Gasteiger partial charge in [0.2, 0.25) is 5.91 Å². The second-order valence-electron chi connectivity index (χ2n) is 7.24. The molecule has 0 radical (unpaired) electrons. The number of benzene rings is 1. The van der Waals surface area contributed by atoms with Crippen LogP contribution >= 0.6 is 11.6 Å². The number of aromatic nitrogens is 3. The van der Waals surface area contributed by atoms with Crippen LogP contribution in [0.4, 0.5) is 15.9 Å². The zero-order chi connectivity index (χ0) is 21.4. The third-order valence-corrected chi connectivity index (χ3v) is 5.63. The molecule has 1 amide bonds. The van der Waals surface area contributed by atoms with Crippen molar-refractivity contribution in [3.63, 3.8) is 0 Å². The number of hydrogen-bond donors (Lipinski definition) is 1. The normalized spacial score (nSPS) is 16.9. The number of carbonyl (C=O) groups excluding carboxylic acids is 1. The third kappa shape index (κ3) is 3.60. The maximum absolute atomic E-state index is 14.5. The van der Waals surface area contributed by atoms with Crippen molar-refractivity contribution in [1.29, 1.82) is 0 Å². The molecule has 1 aliphatic rings. The summed E-state index contributed by atoms with van der Waals surface area (Å²) in [6, 6.07) is 6.31. The summed E-state index contributed by atoms with van der Waals surface area (Å²) >= 11 is 6.00. The molecule has 1 saturated heterocycles. The Morgan fingerprint density at radius 1 is 1.40 bits per heavy atom. The predicted octanol–water partition coefficient (Wildman–Crippen LogP) is 2.55. The number of rotatable bonds is 4. The first-order valence-corrected chi connectivity index (χ1v) is 9.91. The Morgan fingerprint density at radius 3 is 2.93 bits per heavy atom. The number of nitrogen functional groups attached to an aromatic ring is 1. The van der Waals surface area contributed by atoms with E-state index in [1.807, 2.05) is 17.9 Å². The molecular weight excluding hydrogens is 411 g/mol. The molecule has 10 heteroatoms. The van der Waals surface area contributed by atoms with Gasteiger partial charge in [0.05, 0.1) is 23.2 Å². The Bertz CT molecular complexity index is 1100. The molecule has 1 atom stereocenters. The molecule has 30 heavy (non-hydrogen) atoms. The first-order chi connectivity index (χ1) is 14.4. The van der Waals surface area contributed by atoms with Gasteiger partial charge in [-0.25, -0.2) is 14.1 Å². The fourth-order valence-electron chi connectivity index (χ4n) is 3.83. The smallest absolute Gasteiger partial charge is 0.244 e. The largest absolute Gasteiger partial charge is 0.495 e.